The van der Waals surface area contributed by atoms with Crippen molar-refractivity contribution >= 4 is 11.3 Å². The molecule has 0 amide bonds. The molecular weight excluding hydrogens is 132 g/mol. The number of aryl methyl sites for hydroxylation is 1. The van der Waals surface area contributed by atoms with Crippen molar-refractivity contribution in [2.45, 2.75) is 13.3 Å². The van der Waals surface area contributed by atoms with Crippen LogP contribution in [0.25, 0.3) is 0 Å². The fourth-order valence-corrected chi connectivity index (χ4v) is 1.32. The fraction of sp³-hybridized carbons (Fsp3) is 0.500. The maximum Gasteiger partial charge on any atom is 0.0897 e. The van der Waals surface area contributed by atoms with Crippen molar-refractivity contribution in [2.24, 2.45) is 5.73 Å². The van der Waals surface area contributed by atoms with Crippen LogP contribution < -0.4 is 5.73 Å². The van der Waals surface area contributed by atoms with E-state index in [1.807, 2.05) is 6.92 Å². The number of hydrogen-bond acceptors (Lipinski definition) is 3. The van der Waals surface area contributed by atoms with E-state index in [1.165, 1.54) is 0 Å². The van der Waals surface area contributed by atoms with Gasteiger partial charge in [-0.15, -0.1) is 11.3 Å². The minimum Gasteiger partial charge on any atom is -0.330 e. The highest BCUT2D eigenvalue weighted by atomic mass is 32.1. The zero-order valence-electron chi connectivity index (χ0n) is 5.42. The Kier molecular flexibility index (Phi) is 2.19. The van der Waals surface area contributed by atoms with Gasteiger partial charge < -0.3 is 5.73 Å². The summed E-state index contributed by atoms with van der Waals surface area (Å²) in [5.41, 5.74) is 6.46. The second kappa shape index (κ2) is 2.94. The largest absolute Gasteiger partial charge is 0.330 e. The minimum absolute atomic E-state index is 0.698. The maximum atomic E-state index is 5.33. The molecule has 0 fully saturated rings. The second-order valence-electron chi connectivity index (χ2n) is 1.90. The van der Waals surface area contributed by atoms with Crippen LogP contribution in [0.2, 0.25) is 0 Å². The summed E-state index contributed by atoms with van der Waals surface area (Å²) < 4.78 is 0. The third kappa shape index (κ3) is 1.77. The molecule has 1 rings (SSSR count). The molecule has 0 saturated carbocycles. The van der Waals surface area contributed by atoms with Gasteiger partial charge in [0.2, 0.25) is 0 Å². The van der Waals surface area contributed by atoms with Crippen LogP contribution in [0.4, 0.5) is 0 Å². The van der Waals surface area contributed by atoms with E-state index in [9.17, 15) is 0 Å². The van der Waals surface area contributed by atoms with E-state index in [4.69, 9.17) is 5.73 Å². The Labute approximate surface area is 58.7 Å². The number of nitrogens with two attached hydrogens (primary N) is 1. The molecule has 0 radical (unpaired) electrons. The van der Waals surface area contributed by atoms with Crippen LogP contribution in [0.3, 0.4) is 0 Å². The van der Waals surface area contributed by atoms with Crippen LogP contribution in [-0.4, -0.2) is 11.5 Å². The highest BCUT2D eigenvalue weighted by Crippen LogP contribution is 2.07. The van der Waals surface area contributed by atoms with Gasteiger partial charge in [0, 0.05) is 11.8 Å². The zero-order valence-corrected chi connectivity index (χ0v) is 6.24. The normalized spacial score (nSPS) is 10.0. The first-order valence-corrected chi connectivity index (χ1v) is 3.82. The molecule has 9 heavy (non-hydrogen) atoms. The summed E-state index contributed by atoms with van der Waals surface area (Å²) in [5.74, 6) is 0. The molecule has 0 atom stereocenters. The van der Waals surface area contributed by atoms with Crippen LogP contribution in [0.1, 0.15) is 10.7 Å². The predicted molar refractivity (Wildman–Crippen MR) is 39.6 cm³/mol. The standard InChI is InChI=1S/C6H10N2S/c1-5-8-6(2-3-7)4-9-5/h4H,2-3,7H2,1H3. The molecular formula is C6H10N2S. The van der Waals surface area contributed by atoms with E-state index < -0.39 is 0 Å². The lowest BCUT2D eigenvalue weighted by atomic mass is 10.3. The molecule has 1 heterocycles. The molecule has 0 spiro atoms. The first-order chi connectivity index (χ1) is 4.33. The Hall–Kier alpha value is -0.410. The molecule has 0 bridgehead atoms. The molecule has 1 aromatic heterocycles. The summed E-state index contributed by atoms with van der Waals surface area (Å²) in [6, 6.07) is 0. The lowest BCUT2D eigenvalue weighted by Crippen LogP contribution is -2.02. The van der Waals surface area contributed by atoms with Gasteiger partial charge in [-0.1, -0.05) is 0 Å². The van der Waals surface area contributed by atoms with Crippen LogP contribution in [-0.2, 0) is 6.42 Å². The van der Waals surface area contributed by atoms with Gasteiger partial charge in [0.15, 0.2) is 0 Å². The Morgan fingerprint density at radius 2 is 2.56 bits per heavy atom. The number of aromatic nitrogens is 1. The van der Waals surface area contributed by atoms with Crippen molar-refractivity contribution in [3.63, 3.8) is 0 Å². The van der Waals surface area contributed by atoms with Gasteiger partial charge in [-0.3, -0.25) is 0 Å². The van der Waals surface area contributed by atoms with E-state index in [-0.39, 0.29) is 0 Å². The van der Waals surface area contributed by atoms with Crippen LogP contribution in [0.5, 0.6) is 0 Å². The van der Waals surface area contributed by atoms with E-state index in [0.717, 1.165) is 17.1 Å². The molecule has 2 N–H and O–H groups in total. The highest BCUT2D eigenvalue weighted by molar-refractivity contribution is 7.09. The molecule has 0 saturated heterocycles. The topological polar surface area (TPSA) is 38.9 Å². The summed E-state index contributed by atoms with van der Waals surface area (Å²) in [5, 5.41) is 3.18. The Morgan fingerprint density at radius 3 is 3.00 bits per heavy atom. The maximum absolute atomic E-state index is 5.33. The average molecular weight is 142 g/mol. The number of nitrogens with zero attached hydrogens (tertiary/aromatic N) is 1. The third-order valence-electron chi connectivity index (χ3n) is 1.07. The van der Waals surface area contributed by atoms with E-state index in [2.05, 4.69) is 10.4 Å². The smallest absolute Gasteiger partial charge is 0.0897 e. The average Bonchev–Trinajstić information content (AvgIpc) is 2.17. The molecule has 0 aliphatic rings. The molecule has 1 aromatic rings. The Bertz CT molecular complexity index is 183. The molecule has 3 heteroatoms. The molecule has 0 aromatic carbocycles. The lowest BCUT2D eigenvalue weighted by molar-refractivity contribution is 0.929. The summed E-state index contributed by atoms with van der Waals surface area (Å²) >= 11 is 1.68. The molecule has 0 aliphatic heterocycles. The van der Waals surface area contributed by atoms with E-state index in [0.29, 0.717) is 6.54 Å². The van der Waals surface area contributed by atoms with Crippen molar-refractivity contribution in [2.75, 3.05) is 6.54 Å². The first-order valence-electron chi connectivity index (χ1n) is 2.94. The van der Waals surface area contributed by atoms with Crippen molar-refractivity contribution in [1.82, 2.24) is 4.98 Å². The van der Waals surface area contributed by atoms with Crippen molar-refractivity contribution < 1.29 is 0 Å². The van der Waals surface area contributed by atoms with Crippen LogP contribution >= 0.6 is 11.3 Å². The van der Waals surface area contributed by atoms with Gasteiger partial charge in [0.05, 0.1) is 10.7 Å². The molecule has 50 valence electrons. The summed E-state index contributed by atoms with van der Waals surface area (Å²) in [4.78, 5) is 4.24. The summed E-state index contributed by atoms with van der Waals surface area (Å²) in [7, 11) is 0. The first kappa shape index (κ1) is 6.71. The van der Waals surface area contributed by atoms with Gasteiger partial charge >= 0.3 is 0 Å². The van der Waals surface area contributed by atoms with Crippen molar-refractivity contribution in [1.29, 1.82) is 0 Å². The SMILES string of the molecule is Cc1nc(CCN)cs1. The van der Waals surface area contributed by atoms with E-state index in [1.54, 1.807) is 11.3 Å². The quantitative estimate of drug-likeness (QED) is 0.667. The van der Waals surface area contributed by atoms with Gasteiger partial charge in [-0.2, -0.15) is 0 Å². The number of thiazole rings is 1. The van der Waals surface area contributed by atoms with Gasteiger partial charge in [-0.05, 0) is 13.5 Å². The lowest BCUT2D eigenvalue weighted by Gasteiger charge is -1.86. The fourth-order valence-electron chi connectivity index (χ4n) is 0.671. The highest BCUT2D eigenvalue weighted by Gasteiger charge is 1.93. The van der Waals surface area contributed by atoms with Gasteiger partial charge in [0.1, 0.15) is 0 Å². The molecule has 2 nitrogen and oxygen atoms in total. The molecule has 0 unspecified atom stereocenters. The third-order valence-corrected chi connectivity index (χ3v) is 1.89. The van der Waals surface area contributed by atoms with Gasteiger partial charge in [0.25, 0.3) is 0 Å². The predicted octanol–water partition coefficient (Wildman–Crippen LogP) is 0.953. The molecule has 0 aliphatic carbocycles. The Morgan fingerprint density at radius 1 is 1.78 bits per heavy atom. The Balaban J connectivity index is 2.61. The number of rotatable bonds is 2. The van der Waals surface area contributed by atoms with Crippen molar-refractivity contribution in [3.8, 4) is 0 Å². The van der Waals surface area contributed by atoms with Crippen LogP contribution in [0.15, 0.2) is 5.38 Å². The number of hydrogen-bond donors (Lipinski definition) is 1. The van der Waals surface area contributed by atoms with Crippen molar-refractivity contribution in [3.05, 3.63) is 16.1 Å². The zero-order chi connectivity index (χ0) is 6.69. The monoisotopic (exact) mass is 142 g/mol. The van der Waals surface area contributed by atoms with Gasteiger partial charge in [-0.25, -0.2) is 4.98 Å². The minimum atomic E-state index is 0.698. The summed E-state index contributed by atoms with van der Waals surface area (Å²) in [6.45, 7) is 2.70. The van der Waals surface area contributed by atoms with Crippen LogP contribution in [0, 0.1) is 6.92 Å². The van der Waals surface area contributed by atoms with E-state index >= 15 is 0 Å². The summed E-state index contributed by atoms with van der Waals surface area (Å²) in [6.07, 6.45) is 0.907. The second-order valence-corrected chi connectivity index (χ2v) is 2.96.